The van der Waals surface area contributed by atoms with Gasteiger partial charge in [0.1, 0.15) is 11.2 Å². The zero-order valence-electron chi connectivity index (χ0n) is 14.5. The van der Waals surface area contributed by atoms with Gasteiger partial charge in [0.15, 0.2) is 11.5 Å². The zero-order chi connectivity index (χ0) is 18.6. The summed E-state index contributed by atoms with van der Waals surface area (Å²) in [6.45, 7) is 0.300. The van der Waals surface area contributed by atoms with Crippen molar-refractivity contribution >= 4 is 11.9 Å². The maximum atomic E-state index is 14.3. The van der Waals surface area contributed by atoms with Gasteiger partial charge in [0.25, 0.3) is 5.91 Å². The molecule has 0 aromatic heterocycles. The van der Waals surface area contributed by atoms with Crippen molar-refractivity contribution in [2.45, 2.75) is 12.8 Å². The lowest BCUT2D eigenvalue weighted by Crippen LogP contribution is -2.52. The van der Waals surface area contributed by atoms with E-state index in [0.29, 0.717) is 19.4 Å². The minimum absolute atomic E-state index is 0.0134. The minimum atomic E-state index is -1.18. The van der Waals surface area contributed by atoms with Gasteiger partial charge in [-0.05, 0) is 18.9 Å². The highest BCUT2D eigenvalue weighted by atomic mass is 19.1. The predicted molar refractivity (Wildman–Crippen MR) is 86.6 cm³/mol. The Hall–Kier alpha value is -2.35. The SMILES string of the molecule is COCC1(C(=O)O)CCCN(C(=O)c2cc(OC)c(OC)cc2F)C1. The van der Waals surface area contributed by atoms with E-state index >= 15 is 0 Å². The molecule has 0 bridgehead atoms. The van der Waals surface area contributed by atoms with Crippen molar-refractivity contribution in [3.05, 3.63) is 23.5 Å². The summed E-state index contributed by atoms with van der Waals surface area (Å²) >= 11 is 0. The molecule has 0 radical (unpaired) electrons. The third-order valence-electron chi connectivity index (χ3n) is 4.44. The van der Waals surface area contributed by atoms with Crippen LogP contribution in [0.15, 0.2) is 12.1 Å². The summed E-state index contributed by atoms with van der Waals surface area (Å²) in [4.78, 5) is 25.8. The Morgan fingerprint density at radius 1 is 1.24 bits per heavy atom. The average Bonchev–Trinajstić information content (AvgIpc) is 2.61. The molecule has 1 fully saturated rings. The Kier molecular flexibility index (Phi) is 5.84. The van der Waals surface area contributed by atoms with Gasteiger partial charge in [0.05, 0.1) is 26.4 Å². The lowest BCUT2D eigenvalue weighted by Gasteiger charge is -2.39. The van der Waals surface area contributed by atoms with Crippen LogP contribution in [0.5, 0.6) is 11.5 Å². The summed E-state index contributed by atoms with van der Waals surface area (Å²) in [7, 11) is 4.17. The topological polar surface area (TPSA) is 85.3 Å². The van der Waals surface area contributed by atoms with Gasteiger partial charge in [0.2, 0.25) is 0 Å². The smallest absolute Gasteiger partial charge is 0.313 e. The molecule has 1 aliphatic rings. The maximum absolute atomic E-state index is 14.3. The number of nitrogens with zero attached hydrogens (tertiary/aromatic N) is 1. The molecule has 1 heterocycles. The fourth-order valence-corrected chi connectivity index (χ4v) is 3.12. The van der Waals surface area contributed by atoms with Crippen LogP contribution >= 0.6 is 0 Å². The van der Waals surface area contributed by atoms with Crippen LogP contribution in [-0.4, -0.2) is 62.9 Å². The fraction of sp³-hybridized carbons (Fsp3) is 0.529. The zero-order valence-corrected chi connectivity index (χ0v) is 14.5. The van der Waals surface area contributed by atoms with Gasteiger partial charge in [-0.2, -0.15) is 0 Å². The fourth-order valence-electron chi connectivity index (χ4n) is 3.12. The number of halogens is 1. The summed E-state index contributed by atoms with van der Waals surface area (Å²) in [5.74, 6) is -1.96. The van der Waals surface area contributed by atoms with E-state index in [1.165, 1.54) is 32.3 Å². The number of ether oxygens (including phenoxy) is 3. The van der Waals surface area contributed by atoms with E-state index in [2.05, 4.69) is 0 Å². The highest BCUT2D eigenvalue weighted by molar-refractivity contribution is 5.95. The number of aliphatic carboxylic acids is 1. The Morgan fingerprint density at radius 2 is 1.88 bits per heavy atom. The molecule has 1 aliphatic heterocycles. The van der Waals surface area contributed by atoms with Gasteiger partial charge >= 0.3 is 5.97 Å². The van der Waals surface area contributed by atoms with Crippen LogP contribution in [0.25, 0.3) is 0 Å². The van der Waals surface area contributed by atoms with Crippen LogP contribution in [0, 0.1) is 11.2 Å². The number of methoxy groups -OCH3 is 3. The van der Waals surface area contributed by atoms with Gasteiger partial charge in [-0.3, -0.25) is 9.59 Å². The van der Waals surface area contributed by atoms with Crippen LogP contribution < -0.4 is 9.47 Å². The number of rotatable bonds is 6. The first-order valence-corrected chi connectivity index (χ1v) is 7.81. The van der Waals surface area contributed by atoms with E-state index in [9.17, 15) is 19.1 Å². The van der Waals surface area contributed by atoms with Crippen molar-refractivity contribution in [1.29, 1.82) is 0 Å². The summed E-state index contributed by atoms with van der Waals surface area (Å²) in [5, 5.41) is 9.57. The van der Waals surface area contributed by atoms with Gasteiger partial charge in [-0.15, -0.1) is 0 Å². The van der Waals surface area contributed by atoms with E-state index in [0.717, 1.165) is 6.07 Å². The van der Waals surface area contributed by atoms with Gasteiger partial charge in [0, 0.05) is 26.3 Å². The predicted octanol–water partition coefficient (Wildman–Crippen LogP) is 1.80. The molecule has 1 N–H and O–H groups in total. The molecule has 1 atom stereocenters. The molecule has 1 unspecified atom stereocenters. The number of benzene rings is 1. The molecule has 1 aromatic rings. The first-order valence-electron chi connectivity index (χ1n) is 7.81. The average molecular weight is 355 g/mol. The van der Waals surface area contributed by atoms with Gasteiger partial charge in [-0.1, -0.05) is 0 Å². The Morgan fingerprint density at radius 3 is 2.44 bits per heavy atom. The van der Waals surface area contributed by atoms with E-state index < -0.39 is 23.1 Å². The molecular formula is C17H22FNO6. The first kappa shape index (κ1) is 19.0. The lowest BCUT2D eigenvalue weighted by molar-refractivity contribution is -0.155. The highest BCUT2D eigenvalue weighted by Gasteiger charge is 2.44. The molecule has 8 heteroatoms. The number of likely N-dealkylation sites (tertiary alicyclic amines) is 1. The second-order valence-corrected chi connectivity index (χ2v) is 6.04. The number of piperidine rings is 1. The Balaban J connectivity index is 2.32. The summed E-state index contributed by atoms with van der Waals surface area (Å²) in [6, 6.07) is 2.35. The molecule has 0 spiro atoms. The number of hydrogen-bond acceptors (Lipinski definition) is 5. The van der Waals surface area contributed by atoms with Crippen molar-refractivity contribution in [3.63, 3.8) is 0 Å². The molecule has 0 aliphatic carbocycles. The number of carboxylic acids is 1. The molecule has 1 amide bonds. The van der Waals surface area contributed by atoms with Crippen molar-refractivity contribution in [2.24, 2.45) is 5.41 Å². The van der Waals surface area contributed by atoms with E-state index in [4.69, 9.17) is 14.2 Å². The van der Waals surface area contributed by atoms with Gasteiger partial charge < -0.3 is 24.2 Å². The molecule has 25 heavy (non-hydrogen) atoms. The van der Waals surface area contributed by atoms with Crippen molar-refractivity contribution in [3.8, 4) is 11.5 Å². The van der Waals surface area contributed by atoms with Crippen LogP contribution in [0.3, 0.4) is 0 Å². The number of amides is 1. The second-order valence-electron chi connectivity index (χ2n) is 6.04. The quantitative estimate of drug-likeness (QED) is 0.837. The number of carboxylic acid groups (broad SMARTS) is 1. The third kappa shape index (κ3) is 3.68. The molecular weight excluding hydrogens is 333 g/mol. The van der Waals surface area contributed by atoms with Crippen LogP contribution in [0.1, 0.15) is 23.2 Å². The largest absolute Gasteiger partial charge is 0.493 e. The van der Waals surface area contributed by atoms with Crippen LogP contribution in [-0.2, 0) is 9.53 Å². The monoisotopic (exact) mass is 355 g/mol. The molecule has 138 valence electrons. The van der Waals surface area contributed by atoms with E-state index in [-0.39, 0.29) is 30.2 Å². The van der Waals surface area contributed by atoms with Crippen LogP contribution in [0.2, 0.25) is 0 Å². The second kappa shape index (κ2) is 7.69. The normalized spacial score (nSPS) is 20.2. The van der Waals surface area contributed by atoms with Crippen molar-refractivity contribution in [2.75, 3.05) is 41.0 Å². The first-order chi connectivity index (χ1) is 11.9. The maximum Gasteiger partial charge on any atom is 0.313 e. The van der Waals surface area contributed by atoms with E-state index in [1.807, 2.05) is 0 Å². The summed E-state index contributed by atoms with van der Waals surface area (Å²) in [6.07, 6.45) is 0.894. The van der Waals surface area contributed by atoms with E-state index in [1.54, 1.807) is 0 Å². The molecule has 1 saturated heterocycles. The third-order valence-corrected chi connectivity index (χ3v) is 4.44. The minimum Gasteiger partial charge on any atom is -0.493 e. The van der Waals surface area contributed by atoms with Crippen LogP contribution in [0.4, 0.5) is 4.39 Å². The molecule has 7 nitrogen and oxygen atoms in total. The molecule has 1 aromatic carbocycles. The Labute approximate surface area is 145 Å². The number of hydrogen-bond donors (Lipinski definition) is 1. The summed E-state index contributed by atoms with van der Waals surface area (Å²) in [5.41, 5.74) is -1.37. The number of carbonyl (C=O) groups is 2. The molecule has 0 saturated carbocycles. The van der Waals surface area contributed by atoms with Gasteiger partial charge in [-0.25, -0.2) is 4.39 Å². The number of carbonyl (C=O) groups excluding carboxylic acids is 1. The van der Waals surface area contributed by atoms with Crippen molar-refractivity contribution in [1.82, 2.24) is 4.90 Å². The highest BCUT2D eigenvalue weighted by Crippen LogP contribution is 2.34. The van der Waals surface area contributed by atoms with Crippen molar-refractivity contribution < 1.29 is 33.3 Å². The standard InChI is InChI=1S/C17H22FNO6/c1-23-10-17(16(21)22)5-4-6-19(9-17)15(20)11-7-13(24-2)14(25-3)8-12(11)18/h7-8H,4-6,9-10H2,1-3H3,(H,21,22). The lowest BCUT2D eigenvalue weighted by atomic mass is 9.80. The Bertz CT molecular complexity index is 661. The summed E-state index contributed by atoms with van der Waals surface area (Å²) < 4.78 is 29.5. The molecule has 2 rings (SSSR count).